The van der Waals surface area contributed by atoms with Gasteiger partial charge in [0.15, 0.2) is 0 Å². The predicted molar refractivity (Wildman–Crippen MR) is 92.2 cm³/mol. The van der Waals surface area contributed by atoms with Crippen LogP contribution in [0.5, 0.6) is 0 Å². The smallest absolute Gasteiger partial charge is 0 e. The summed E-state index contributed by atoms with van der Waals surface area (Å²) in [5.41, 5.74) is 6.30. The van der Waals surface area contributed by atoms with Gasteiger partial charge in [0.1, 0.15) is 0 Å². The van der Waals surface area contributed by atoms with Crippen LogP contribution >= 0.6 is 12.4 Å². The minimum atomic E-state index is 0. The molecule has 0 bridgehead atoms. The largest absolute Gasteiger partial charge is 0.163 e. The Balaban J connectivity index is 0.00000200. The maximum absolute atomic E-state index is 2.48. The average molecular weight is 383 g/mol. The summed E-state index contributed by atoms with van der Waals surface area (Å²) in [6.45, 7) is 4.55. The molecule has 0 aromatic carbocycles. The van der Waals surface area contributed by atoms with Crippen LogP contribution in [-0.4, -0.2) is 0 Å². The molecule has 116 valence electrons. The van der Waals surface area contributed by atoms with Gasteiger partial charge in [0.2, 0.25) is 0 Å². The summed E-state index contributed by atoms with van der Waals surface area (Å²) in [6, 6.07) is 0. The first-order valence-electron chi connectivity index (χ1n) is 7.97. The second-order valence-electron chi connectivity index (χ2n) is 5.67. The molecule has 0 atom stereocenters. The number of halogens is 1. The molecule has 2 heteroatoms. The van der Waals surface area contributed by atoms with Gasteiger partial charge in [-0.1, -0.05) is 64.5 Å². The summed E-state index contributed by atoms with van der Waals surface area (Å²) >= 11 is 0. The van der Waals surface area contributed by atoms with Crippen molar-refractivity contribution in [1.82, 2.24) is 0 Å². The standard InChI is InChI=1S/C19H27.ClH.Zr/c1-3-5-9-16-11-7-13-18(16)15-19-14-8-12-17(19)10-6-4-2;;/h7-8,11-12,15H,3-6,9-10,13-14H2,1-2H3;1H;/q-1;;. The normalized spacial score (nSPS) is 16.3. The molecule has 0 spiro atoms. The summed E-state index contributed by atoms with van der Waals surface area (Å²) in [6.07, 6.45) is 21.8. The van der Waals surface area contributed by atoms with E-state index in [9.17, 15) is 0 Å². The van der Waals surface area contributed by atoms with Crippen molar-refractivity contribution >= 4 is 12.4 Å². The van der Waals surface area contributed by atoms with Crippen molar-refractivity contribution in [3.63, 3.8) is 0 Å². The van der Waals surface area contributed by atoms with Gasteiger partial charge < -0.3 is 0 Å². The minimum Gasteiger partial charge on any atom is -0.163 e. The Labute approximate surface area is 156 Å². The first-order chi connectivity index (χ1) is 9.35. The number of allylic oxidation sites excluding steroid dienone is 8. The molecule has 0 aliphatic heterocycles. The fourth-order valence-corrected chi connectivity index (χ4v) is 2.87. The summed E-state index contributed by atoms with van der Waals surface area (Å²) in [7, 11) is 0. The van der Waals surface area contributed by atoms with Crippen molar-refractivity contribution < 1.29 is 26.2 Å². The molecule has 0 heterocycles. The monoisotopic (exact) mass is 381 g/mol. The topological polar surface area (TPSA) is 0 Å². The Hall–Kier alpha value is 0.00312. The Kier molecular flexibility index (Phi) is 11.6. The van der Waals surface area contributed by atoms with Crippen molar-refractivity contribution in [2.24, 2.45) is 0 Å². The zero-order valence-corrected chi connectivity index (χ0v) is 16.7. The summed E-state index contributed by atoms with van der Waals surface area (Å²) in [5.74, 6) is 0. The van der Waals surface area contributed by atoms with Crippen LogP contribution in [0.2, 0.25) is 0 Å². The van der Waals surface area contributed by atoms with E-state index in [-0.39, 0.29) is 38.6 Å². The van der Waals surface area contributed by atoms with Crippen LogP contribution in [-0.2, 0) is 26.2 Å². The van der Waals surface area contributed by atoms with E-state index in [1.165, 1.54) is 38.5 Å². The van der Waals surface area contributed by atoms with Gasteiger partial charge in [0.25, 0.3) is 0 Å². The van der Waals surface area contributed by atoms with E-state index < -0.39 is 0 Å². The minimum absolute atomic E-state index is 0. The molecule has 0 amide bonds. The van der Waals surface area contributed by atoms with Crippen molar-refractivity contribution in [1.29, 1.82) is 0 Å². The van der Waals surface area contributed by atoms with Crippen molar-refractivity contribution in [3.8, 4) is 0 Å². The van der Waals surface area contributed by atoms with Gasteiger partial charge in [0.05, 0.1) is 0 Å². The number of unbranched alkanes of at least 4 members (excludes halogenated alkanes) is 2. The van der Waals surface area contributed by atoms with E-state index in [0.29, 0.717) is 0 Å². The van der Waals surface area contributed by atoms with E-state index in [0.717, 1.165) is 12.8 Å². The molecule has 2 rings (SSSR count). The van der Waals surface area contributed by atoms with Gasteiger partial charge in [-0.2, -0.15) is 6.42 Å². The molecule has 0 saturated carbocycles. The fraction of sp³-hybridized carbons (Fsp3) is 0.526. The van der Waals surface area contributed by atoms with Crippen LogP contribution < -0.4 is 0 Å². The van der Waals surface area contributed by atoms with E-state index in [2.05, 4.69) is 44.6 Å². The SMILES string of the molecule is CCCCC1=C([CH-]C2=C(CCCC)C=CC2)CC=C1.Cl.[Zr]. The van der Waals surface area contributed by atoms with E-state index >= 15 is 0 Å². The molecule has 0 radical (unpaired) electrons. The Morgan fingerprint density at radius 1 is 0.857 bits per heavy atom. The first-order valence-corrected chi connectivity index (χ1v) is 7.97. The molecular weight excluding hydrogens is 355 g/mol. The van der Waals surface area contributed by atoms with Gasteiger partial charge in [-0.25, -0.2) is 0 Å². The quantitative estimate of drug-likeness (QED) is 0.420. The molecule has 0 nitrogen and oxygen atoms in total. The third-order valence-electron chi connectivity index (χ3n) is 4.09. The van der Waals surface area contributed by atoms with E-state index in [1.54, 1.807) is 22.3 Å². The van der Waals surface area contributed by atoms with Crippen molar-refractivity contribution in [3.05, 3.63) is 53.0 Å². The number of rotatable bonds is 8. The van der Waals surface area contributed by atoms with Crippen LogP contribution in [0.25, 0.3) is 0 Å². The third-order valence-corrected chi connectivity index (χ3v) is 4.09. The molecule has 0 saturated heterocycles. The van der Waals surface area contributed by atoms with Gasteiger partial charge in [-0.05, 0) is 12.8 Å². The number of hydrogen-bond acceptors (Lipinski definition) is 0. The number of hydrogen-bond donors (Lipinski definition) is 0. The molecule has 0 unspecified atom stereocenters. The Bertz CT molecular complexity index is 387. The van der Waals surface area contributed by atoms with E-state index in [4.69, 9.17) is 0 Å². The molecular formula is C19H28ClZr-. The summed E-state index contributed by atoms with van der Waals surface area (Å²) in [4.78, 5) is 0. The molecule has 0 N–H and O–H groups in total. The van der Waals surface area contributed by atoms with Gasteiger partial charge in [0, 0.05) is 26.2 Å². The third kappa shape index (κ3) is 6.33. The van der Waals surface area contributed by atoms with Crippen molar-refractivity contribution in [2.75, 3.05) is 0 Å². The molecule has 0 aromatic rings. The fourth-order valence-electron chi connectivity index (χ4n) is 2.87. The zero-order chi connectivity index (χ0) is 13.5. The molecule has 2 aliphatic carbocycles. The second-order valence-corrected chi connectivity index (χ2v) is 5.67. The van der Waals surface area contributed by atoms with Crippen LogP contribution in [0.1, 0.15) is 65.2 Å². The second kappa shape index (κ2) is 11.6. The first kappa shape index (κ1) is 21.0. The average Bonchev–Trinajstić information content (AvgIpc) is 3.04. The van der Waals surface area contributed by atoms with Crippen LogP contribution in [0, 0.1) is 6.42 Å². The molecule has 21 heavy (non-hydrogen) atoms. The molecule has 2 aliphatic rings. The van der Waals surface area contributed by atoms with Gasteiger partial charge >= 0.3 is 0 Å². The van der Waals surface area contributed by atoms with Gasteiger partial charge in [-0.15, -0.1) is 46.9 Å². The van der Waals surface area contributed by atoms with E-state index in [1.807, 2.05) is 0 Å². The Morgan fingerprint density at radius 3 is 1.67 bits per heavy atom. The Morgan fingerprint density at radius 2 is 1.29 bits per heavy atom. The summed E-state index contributed by atoms with van der Waals surface area (Å²) in [5, 5.41) is 0. The molecule has 0 aromatic heterocycles. The van der Waals surface area contributed by atoms with Crippen LogP contribution in [0.4, 0.5) is 0 Å². The van der Waals surface area contributed by atoms with Crippen LogP contribution in [0.3, 0.4) is 0 Å². The molecule has 0 fully saturated rings. The summed E-state index contributed by atoms with van der Waals surface area (Å²) < 4.78 is 0. The zero-order valence-electron chi connectivity index (χ0n) is 13.5. The van der Waals surface area contributed by atoms with Crippen LogP contribution in [0.15, 0.2) is 46.6 Å². The van der Waals surface area contributed by atoms with Gasteiger partial charge in [-0.3, -0.25) is 0 Å². The predicted octanol–water partition coefficient (Wildman–Crippen LogP) is 6.50. The maximum atomic E-state index is 2.48. The van der Waals surface area contributed by atoms with Crippen molar-refractivity contribution in [2.45, 2.75) is 65.2 Å². The maximum Gasteiger partial charge on any atom is 0 e.